The maximum Gasteiger partial charge on any atom is 0.255 e. The molecular formula is C22H21N5OS. The van der Waals surface area contributed by atoms with Crippen LogP contribution < -0.4 is 5.32 Å². The number of carbonyl (C=O) groups excluding carboxylic acids is 1. The van der Waals surface area contributed by atoms with Crippen molar-refractivity contribution in [2.45, 2.75) is 37.1 Å². The zero-order chi connectivity index (χ0) is 20.4. The molecule has 7 heteroatoms. The Balaban J connectivity index is 1.57. The van der Waals surface area contributed by atoms with E-state index in [1.165, 1.54) is 6.33 Å². The highest BCUT2D eigenvalue weighted by atomic mass is 32.2. The van der Waals surface area contributed by atoms with Crippen LogP contribution in [0.4, 0.5) is 5.69 Å². The van der Waals surface area contributed by atoms with Crippen LogP contribution in [0.25, 0.3) is 5.78 Å². The molecule has 146 valence electrons. The van der Waals surface area contributed by atoms with Crippen LogP contribution in [0.1, 0.15) is 34.1 Å². The van der Waals surface area contributed by atoms with Crippen LogP contribution in [-0.4, -0.2) is 25.5 Å². The number of carbonyl (C=O) groups is 1. The fourth-order valence-electron chi connectivity index (χ4n) is 3.21. The van der Waals surface area contributed by atoms with Gasteiger partial charge in [-0.2, -0.15) is 14.6 Å². The summed E-state index contributed by atoms with van der Waals surface area (Å²) < 4.78 is 1.78. The third-order valence-electron chi connectivity index (χ3n) is 4.75. The van der Waals surface area contributed by atoms with E-state index in [4.69, 9.17) is 0 Å². The van der Waals surface area contributed by atoms with Crippen LogP contribution in [0.5, 0.6) is 0 Å². The average Bonchev–Trinajstić information content (AvgIpc) is 3.18. The molecule has 29 heavy (non-hydrogen) atoms. The number of nitrogens with one attached hydrogen (secondary N) is 1. The summed E-state index contributed by atoms with van der Waals surface area (Å²) in [6.07, 6.45) is 2.39. The Hall–Kier alpha value is -3.19. The Bertz CT molecular complexity index is 1180. The summed E-state index contributed by atoms with van der Waals surface area (Å²) in [5, 5.41) is 8.31. The van der Waals surface area contributed by atoms with E-state index in [0.717, 1.165) is 38.9 Å². The fraction of sp³-hybridized carbons (Fsp3) is 0.182. The second-order valence-electron chi connectivity index (χ2n) is 6.70. The molecule has 2 heterocycles. The van der Waals surface area contributed by atoms with Crippen LogP contribution in [-0.2, 0) is 6.42 Å². The highest BCUT2D eigenvalue weighted by Crippen LogP contribution is 2.32. The van der Waals surface area contributed by atoms with Gasteiger partial charge in [-0.05, 0) is 56.2 Å². The van der Waals surface area contributed by atoms with Gasteiger partial charge in [-0.25, -0.2) is 4.98 Å². The molecule has 0 atom stereocenters. The Labute approximate surface area is 173 Å². The largest absolute Gasteiger partial charge is 0.322 e. The summed E-state index contributed by atoms with van der Waals surface area (Å²) in [4.78, 5) is 22.3. The molecule has 0 saturated heterocycles. The molecule has 6 nitrogen and oxygen atoms in total. The van der Waals surface area contributed by atoms with Gasteiger partial charge < -0.3 is 5.32 Å². The van der Waals surface area contributed by atoms with Crippen molar-refractivity contribution < 1.29 is 4.79 Å². The second kappa shape index (κ2) is 8.05. The minimum atomic E-state index is -0.106. The number of nitrogens with zero attached hydrogens (tertiary/aromatic N) is 4. The van der Waals surface area contributed by atoms with E-state index in [1.54, 1.807) is 16.3 Å². The molecule has 2 aromatic carbocycles. The van der Waals surface area contributed by atoms with E-state index < -0.39 is 0 Å². The Morgan fingerprint density at radius 2 is 1.86 bits per heavy atom. The van der Waals surface area contributed by atoms with E-state index in [9.17, 15) is 4.79 Å². The van der Waals surface area contributed by atoms with Crippen molar-refractivity contribution in [3.63, 3.8) is 0 Å². The third kappa shape index (κ3) is 3.86. The number of aromatic nitrogens is 4. The number of aryl methyl sites for hydroxylation is 2. The number of amides is 1. The van der Waals surface area contributed by atoms with Crippen LogP contribution in [0.3, 0.4) is 0 Å². The van der Waals surface area contributed by atoms with Gasteiger partial charge >= 0.3 is 0 Å². The molecule has 0 aliphatic heterocycles. The van der Waals surface area contributed by atoms with E-state index in [-0.39, 0.29) is 5.91 Å². The van der Waals surface area contributed by atoms with Crippen molar-refractivity contribution in [2.24, 2.45) is 0 Å². The summed E-state index contributed by atoms with van der Waals surface area (Å²) in [6.45, 7) is 6.05. The number of fused-ring (bicyclic) bond motifs is 1. The molecule has 1 amide bonds. The molecule has 0 unspecified atom stereocenters. The molecule has 0 aliphatic carbocycles. The first-order chi connectivity index (χ1) is 14.1. The molecule has 0 radical (unpaired) electrons. The SMILES string of the molecule is CCc1c(C)nc2ncnn2c1Sc1ccc(NC(=O)c2ccccc2C)cc1. The number of benzene rings is 2. The first-order valence-electron chi connectivity index (χ1n) is 9.41. The Kier molecular flexibility index (Phi) is 5.31. The van der Waals surface area contributed by atoms with Crippen molar-refractivity contribution >= 4 is 29.1 Å². The summed E-state index contributed by atoms with van der Waals surface area (Å²) >= 11 is 1.62. The van der Waals surface area contributed by atoms with Gasteiger partial charge in [0.15, 0.2) is 0 Å². The molecule has 2 aromatic heterocycles. The molecule has 4 rings (SSSR count). The lowest BCUT2D eigenvalue weighted by molar-refractivity contribution is 0.102. The number of anilines is 1. The van der Waals surface area contributed by atoms with Crippen molar-refractivity contribution in [3.05, 3.63) is 77.2 Å². The fourth-order valence-corrected chi connectivity index (χ4v) is 4.34. The predicted octanol–water partition coefficient (Wildman–Crippen LogP) is 4.71. The Morgan fingerprint density at radius 3 is 2.59 bits per heavy atom. The third-order valence-corrected chi connectivity index (χ3v) is 5.88. The van der Waals surface area contributed by atoms with Gasteiger partial charge in [0.25, 0.3) is 11.7 Å². The number of rotatable bonds is 5. The zero-order valence-corrected chi connectivity index (χ0v) is 17.3. The number of hydrogen-bond donors (Lipinski definition) is 1. The van der Waals surface area contributed by atoms with E-state index >= 15 is 0 Å². The van der Waals surface area contributed by atoms with Gasteiger partial charge in [0.05, 0.1) is 0 Å². The lowest BCUT2D eigenvalue weighted by Gasteiger charge is -2.12. The van der Waals surface area contributed by atoms with Crippen LogP contribution in [0.15, 0.2) is 64.8 Å². The smallest absolute Gasteiger partial charge is 0.255 e. The van der Waals surface area contributed by atoms with Crippen LogP contribution in [0.2, 0.25) is 0 Å². The normalized spacial score (nSPS) is 11.0. The molecule has 4 aromatic rings. The number of hydrogen-bond acceptors (Lipinski definition) is 5. The van der Waals surface area contributed by atoms with Gasteiger partial charge in [0.2, 0.25) is 0 Å². The first kappa shape index (κ1) is 19.1. The van der Waals surface area contributed by atoms with E-state index in [2.05, 4.69) is 27.3 Å². The highest BCUT2D eigenvalue weighted by Gasteiger charge is 2.15. The van der Waals surface area contributed by atoms with Crippen molar-refractivity contribution in [1.29, 1.82) is 0 Å². The summed E-state index contributed by atoms with van der Waals surface area (Å²) in [5.41, 5.74) is 4.52. The molecule has 0 bridgehead atoms. The average molecular weight is 404 g/mol. The van der Waals surface area contributed by atoms with Crippen molar-refractivity contribution in [3.8, 4) is 0 Å². The van der Waals surface area contributed by atoms with Crippen LogP contribution in [0, 0.1) is 13.8 Å². The molecule has 0 spiro atoms. The molecular weight excluding hydrogens is 382 g/mol. The standard InChI is InChI=1S/C22H21N5OS/c1-4-18-15(3)25-22-23-13-24-27(22)21(18)29-17-11-9-16(10-12-17)26-20(28)19-8-6-5-7-14(19)2/h5-13H,4H2,1-3H3,(H,26,28). The van der Waals surface area contributed by atoms with Gasteiger partial charge in [-0.1, -0.05) is 36.9 Å². The molecule has 1 N–H and O–H groups in total. The molecule has 0 aliphatic rings. The lowest BCUT2D eigenvalue weighted by Crippen LogP contribution is -2.13. The quantitative estimate of drug-likeness (QED) is 0.489. The van der Waals surface area contributed by atoms with Gasteiger partial charge in [-0.15, -0.1) is 0 Å². The molecule has 0 fully saturated rings. The topological polar surface area (TPSA) is 72.2 Å². The predicted molar refractivity (Wildman–Crippen MR) is 115 cm³/mol. The monoisotopic (exact) mass is 403 g/mol. The summed E-state index contributed by atoms with van der Waals surface area (Å²) in [6, 6.07) is 15.4. The second-order valence-corrected chi connectivity index (χ2v) is 7.76. The minimum absolute atomic E-state index is 0.106. The maximum atomic E-state index is 12.5. The highest BCUT2D eigenvalue weighted by molar-refractivity contribution is 7.99. The van der Waals surface area contributed by atoms with E-state index in [0.29, 0.717) is 11.3 Å². The van der Waals surface area contributed by atoms with E-state index in [1.807, 2.05) is 62.4 Å². The van der Waals surface area contributed by atoms with Gasteiger partial charge in [0, 0.05) is 27.4 Å². The zero-order valence-electron chi connectivity index (χ0n) is 16.5. The van der Waals surface area contributed by atoms with Gasteiger partial charge in [0.1, 0.15) is 11.4 Å². The first-order valence-corrected chi connectivity index (χ1v) is 10.2. The summed E-state index contributed by atoms with van der Waals surface area (Å²) in [5.74, 6) is 0.496. The lowest BCUT2D eigenvalue weighted by atomic mass is 10.1. The van der Waals surface area contributed by atoms with Crippen molar-refractivity contribution in [2.75, 3.05) is 5.32 Å². The van der Waals surface area contributed by atoms with Gasteiger partial charge in [-0.3, -0.25) is 4.79 Å². The minimum Gasteiger partial charge on any atom is -0.322 e. The van der Waals surface area contributed by atoms with Crippen molar-refractivity contribution in [1.82, 2.24) is 19.6 Å². The van der Waals surface area contributed by atoms with Crippen LogP contribution >= 0.6 is 11.8 Å². The maximum absolute atomic E-state index is 12.5. The Morgan fingerprint density at radius 1 is 1.10 bits per heavy atom. The summed E-state index contributed by atoms with van der Waals surface area (Å²) in [7, 11) is 0. The molecule has 0 saturated carbocycles.